The molecule has 1 N–H and O–H groups in total. The van der Waals surface area contributed by atoms with Crippen molar-refractivity contribution < 1.29 is 14.3 Å². The molecule has 7 nitrogen and oxygen atoms in total. The van der Waals surface area contributed by atoms with E-state index < -0.39 is 6.04 Å². The Kier molecular flexibility index (Phi) is 5.76. The van der Waals surface area contributed by atoms with Crippen molar-refractivity contribution in [3.05, 3.63) is 10.4 Å². The van der Waals surface area contributed by atoms with Gasteiger partial charge in [0.25, 0.3) is 0 Å². The van der Waals surface area contributed by atoms with Crippen molar-refractivity contribution in [1.29, 1.82) is 0 Å². The lowest BCUT2D eigenvalue weighted by atomic mass is 10.1. The van der Waals surface area contributed by atoms with Crippen molar-refractivity contribution in [2.24, 2.45) is 5.11 Å². The fourth-order valence-electron chi connectivity index (χ4n) is 1.89. The number of rotatable bonds is 6. The smallest absolute Gasteiger partial charge is 0.325 e. The molecule has 17 heavy (non-hydrogen) atoms. The van der Waals surface area contributed by atoms with Crippen molar-refractivity contribution in [3.8, 4) is 0 Å². The van der Waals surface area contributed by atoms with Gasteiger partial charge in [0.05, 0.1) is 19.3 Å². The van der Waals surface area contributed by atoms with E-state index in [0.29, 0.717) is 13.1 Å². The van der Waals surface area contributed by atoms with Crippen molar-refractivity contribution >= 4 is 5.97 Å². The normalized spacial score (nSPS) is 25.1. The molecule has 1 heterocycles. The summed E-state index contributed by atoms with van der Waals surface area (Å²) in [5, 5.41) is 6.40. The van der Waals surface area contributed by atoms with E-state index >= 15 is 0 Å². The number of carbonyl (C=O) groups excluding carboxylic acids is 1. The van der Waals surface area contributed by atoms with Gasteiger partial charge in [-0.15, -0.1) is 0 Å². The Balaban J connectivity index is 2.48. The summed E-state index contributed by atoms with van der Waals surface area (Å²) in [5.74, 6) is -0.343. The Morgan fingerprint density at radius 3 is 3.00 bits per heavy atom. The van der Waals surface area contributed by atoms with Crippen LogP contribution in [-0.4, -0.2) is 44.4 Å². The van der Waals surface area contributed by atoms with Crippen LogP contribution in [0.2, 0.25) is 0 Å². The number of nitrogens with zero attached hydrogens (tertiary/aromatic N) is 3. The summed E-state index contributed by atoms with van der Waals surface area (Å²) in [6, 6.07) is -0.487. The van der Waals surface area contributed by atoms with Crippen LogP contribution in [-0.2, 0) is 14.3 Å². The van der Waals surface area contributed by atoms with Gasteiger partial charge < -0.3 is 14.8 Å². The van der Waals surface area contributed by atoms with E-state index in [9.17, 15) is 4.79 Å². The fraction of sp³-hybridized carbons (Fsp3) is 0.900. The van der Waals surface area contributed by atoms with Gasteiger partial charge in [0.15, 0.2) is 0 Å². The number of carbonyl (C=O) groups is 1. The Morgan fingerprint density at radius 2 is 2.47 bits per heavy atom. The van der Waals surface area contributed by atoms with Crippen LogP contribution in [0.1, 0.15) is 19.8 Å². The maximum atomic E-state index is 11.6. The highest BCUT2D eigenvalue weighted by atomic mass is 16.5. The van der Waals surface area contributed by atoms with Crippen LogP contribution in [0.5, 0.6) is 0 Å². The van der Waals surface area contributed by atoms with E-state index in [4.69, 9.17) is 15.0 Å². The van der Waals surface area contributed by atoms with Crippen LogP contribution in [0.4, 0.5) is 0 Å². The van der Waals surface area contributed by atoms with Crippen molar-refractivity contribution in [2.45, 2.75) is 38.0 Å². The monoisotopic (exact) mass is 242 g/mol. The summed E-state index contributed by atoms with van der Waals surface area (Å²) < 4.78 is 10.4. The Labute approximate surface area is 100 Å². The van der Waals surface area contributed by atoms with Gasteiger partial charge in [-0.1, -0.05) is 5.11 Å². The summed E-state index contributed by atoms with van der Waals surface area (Å²) in [6.07, 6.45) is 1.78. The standard InChI is InChI=1S/C10H18N4O3/c1-7-3-4-8(17-7)9(10(15)16-2)12-5-6-13-14-11/h7-9,12H,3-6H2,1-2H3. The minimum atomic E-state index is -0.487. The second-order valence-corrected chi connectivity index (χ2v) is 3.97. The molecule has 1 aliphatic heterocycles. The van der Waals surface area contributed by atoms with Gasteiger partial charge in [-0.25, -0.2) is 0 Å². The van der Waals surface area contributed by atoms with Gasteiger partial charge >= 0.3 is 5.97 Å². The lowest BCUT2D eigenvalue weighted by Gasteiger charge is -2.22. The molecule has 0 spiro atoms. The Hall–Kier alpha value is -1.30. The molecule has 0 aromatic carbocycles. The third-order valence-electron chi connectivity index (χ3n) is 2.73. The molecule has 96 valence electrons. The first-order chi connectivity index (χ1) is 8.19. The molecular formula is C10H18N4O3. The number of hydrogen-bond acceptors (Lipinski definition) is 5. The molecule has 0 bridgehead atoms. The summed E-state index contributed by atoms with van der Waals surface area (Å²) in [6.45, 7) is 2.71. The van der Waals surface area contributed by atoms with Crippen molar-refractivity contribution in [2.75, 3.05) is 20.2 Å². The first kappa shape index (κ1) is 13.8. The van der Waals surface area contributed by atoms with Crippen molar-refractivity contribution in [1.82, 2.24) is 5.32 Å². The first-order valence-corrected chi connectivity index (χ1v) is 5.66. The lowest BCUT2D eigenvalue weighted by Crippen LogP contribution is -2.47. The topological polar surface area (TPSA) is 96.3 Å². The number of methoxy groups -OCH3 is 1. The zero-order valence-corrected chi connectivity index (χ0v) is 10.1. The van der Waals surface area contributed by atoms with E-state index in [-0.39, 0.29) is 18.2 Å². The van der Waals surface area contributed by atoms with Gasteiger partial charge in [0.1, 0.15) is 6.04 Å². The molecular weight excluding hydrogens is 224 g/mol. The molecule has 0 aliphatic carbocycles. The summed E-state index contributed by atoms with van der Waals surface area (Å²) in [4.78, 5) is 14.2. The summed E-state index contributed by atoms with van der Waals surface area (Å²) in [7, 11) is 1.35. The van der Waals surface area contributed by atoms with Gasteiger partial charge in [-0.3, -0.25) is 4.79 Å². The Bertz CT molecular complexity index is 304. The first-order valence-electron chi connectivity index (χ1n) is 5.66. The van der Waals surface area contributed by atoms with Crippen LogP contribution < -0.4 is 5.32 Å². The maximum absolute atomic E-state index is 11.6. The molecule has 1 saturated heterocycles. The van der Waals surface area contributed by atoms with E-state index in [1.165, 1.54) is 7.11 Å². The number of nitrogens with one attached hydrogen (secondary N) is 1. The maximum Gasteiger partial charge on any atom is 0.325 e. The average Bonchev–Trinajstić information content (AvgIpc) is 2.75. The molecule has 7 heteroatoms. The Morgan fingerprint density at radius 1 is 1.71 bits per heavy atom. The molecule has 0 saturated carbocycles. The van der Waals surface area contributed by atoms with E-state index in [1.807, 2.05) is 6.92 Å². The lowest BCUT2D eigenvalue weighted by molar-refractivity contribution is -0.147. The van der Waals surface area contributed by atoms with Crippen LogP contribution >= 0.6 is 0 Å². The third-order valence-corrected chi connectivity index (χ3v) is 2.73. The highest BCUT2D eigenvalue weighted by Gasteiger charge is 2.34. The fourth-order valence-corrected chi connectivity index (χ4v) is 1.89. The van der Waals surface area contributed by atoms with Gasteiger partial charge in [0.2, 0.25) is 0 Å². The zero-order valence-electron chi connectivity index (χ0n) is 10.1. The molecule has 1 rings (SSSR count). The molecule has 3 atom stereocenters. The third kappa shape index (κ3) is 4.22. The molecule has 0 aromatic heterocycles. The molecule has 1 aliphatic rings. The second-order valence-electron chi connectivity index (χ2n) is 3.97. The zero-order chi connectivity index (χ0) is 12.7. The molecule has 0 aromatic rings. The van der Waals surface area contributed by atoms with Crippen LogP contribution in [0.3, 0.4) is 0 Å². The SMILES string of the molecule is COC(=O)C(NCCN=[N+]=[N-])C1CCC(C)O1. The summed E-state index contributed by atoms with van der Waals surface area (Å²) in [5.41, 5.74) is 8.15. The van der Waals surface area contributed by atoms with E-state index in [1.54, 1.807) is 0 Å². The van der Waals surface area contributed by atoms with E-state index in [0.717, 1.165) is 12.8 Å². The van der Waals surface area contributed by atoms with Crippen molar-refractivity contribution in [3.63, 3.8) is 0 Å². The van der Waals surface area contributed by atoms with Crippen LogP contribution in [0.15, 0.2) is 5.11 Å². The minimum absolute atomic E-state index is 0.163. The van der Waals surface area contributed by atoms with Crippen LogP contribution in [0.25, 0.3) is 10.4 Å². The number of ether oxygens (including phenoxy) is 2. The van der Waals surface area contributed by atoms with E-state index in [2.05, 4.69) is 15.3 Å². The number of esters is 1. The van der Waals surface area contributed by atoms with Gasteiger partial charge in [-0.05, 0) is 25.3 Å². The number of azide groups is 1. The highest BCUT2D eigenvalue weighted by Crippen LogP contribution is 2.22. The van der Waals surface area contributed by atoms with Gasteiger partial charge in [-0.2, -0.15) is 0 Å². The predicted octanol–water partition coefficient (Wildman–Crippen LogP) is 0.995. The molecule has 0 amide bonds. The minimum Gasteiger partial charge on any atom is -0.468 e. The predicted molar refractivity (Wildman–Crippen MR) is 61.4 cm³/mol. The summed E-state index contributed by atoms with van der Waals surface area (Å²) >= 11 is 0. The molecule has 0 radical (unpaired) electrons. The molecule has 1 fully saturated rings. The number of hydrogen-bond donors (Lipinski definition) is 1. The van der Waals surface area contributed by atoms with Crippen LogP contribution in [0, 0.1) is 0 Å². The largest absolute Gasteiger partial charge is 0.468 e. The van der Waals surface area contributed by atoms with Gasteiger partial charge in [0, 0.05) is 18.0 Å². The second kappa shape index (κ2) is 7.11. The highest BCUT2D eigenvalue weighted by molar-refractivity contribution is 5.76. The quantitative estimate of drug-likeness (QED) is 0.247. The molecule has 3 unspecified atom stereocenters. The average molecular weight is 242 g/mol.